The number of anilines is 1. The standard InChI is InChI=1S/C25H21ClFN3O2/c1-2-32-24-14-23(17-6-8-18(26)9-7-17)30-22-11-10-20(13-21(22)24)29-25(31)28-15-16-4-3-5-19(27)12-16/h3-14H,2,15H2,1H3,(H2,28,29,31). The highest BCUT2D eigenvalue weighted by molar-refractivity contribution is 6.30. The van der Waals surface area contributed by atoms with Crippen LogP contribution in [-0.4, -0.2) is 17.6 Å². The molecular weight excluding hydrogens is 429 g/mol. The lowest BCUT2D eigenvalue weighted by Gasteiger charge is -2.13. The van der Waals surface area contributed by atoms with Crippen molar-refractivity contribution in [2.45, 2.75) is 13.5 Å². The van der Waals surface area contributed by atoms with Crippen LogP contribution in [0.3, 0.4) is 0 Å². The van der Waals surface area contributed by atoms with Crippen LogP contribution in [0, 0.1) is 5.82 Å². The summed E-state index contributed by atoms with van der Waals surface area (Å²) in [5.74, 6) is 0.333. The van der Waals surface area contributed by atoms with Gasteiger partial charge in [-0.25, -0.2) is 14.2 Å². The Labute approximate surface area is 190 Å². The van der Waals surface area contributed by atoms with Crippen LogP contribution in [0.1, 0.15) is 12.5 Å². The monoisotopic (exact) mass is 449 g/mol. The minimum atomic E-state index is -0.391. The van der Waals surface area contributed by atoms with E-state index in [1.54, 1.807) is 18.2 Å². The molecule has 7 heteroatoms. The summed E-state index contributed by atoms with van der Waals surface area (Å²) in [6.45, 7) is 2.62. The van der Waals surface area contributed by atoms with E-state index >= 15 is 0 Å². The largest absolute Gasteiger partial charge is 0.493 e. The van der Waals surface area contributed by atoms with Gasteiger partial charge in [0.15, 0.2) is 0 Å². The number of hydrogen-bond donors (Lipinski definition) is 2. The molecule has 0 spiro atoms. The average molecular weight is 450 g/mol. The van der Waals surface area contributed by atoms with Crippen molar-refractivity contribution in [1.29, 1.82) is 0 Å². The summed E-state index contributed by atoms with van der Waals surface area (Å²) in [5, 5.41) is 6.97. The molecule has 0 fully saturated rings. The maximum atomic E-state index is 13.3. The zero-order chi connectivity index (χ0) is 22.5. The van der Waals surface area contributed by atoms with E-state index in [0.717, 1.165) is 22.2 Å². The lowest BCUT2D eigenvalue weighted by molar-refractivity contribution is 0.251. The van der Waals surface area contributed by atoms with Crippen LogP contribution in [0.15, 0.2) is 72.8 Å². The van der Waals surface area contributed by atoms with Crippen LogP contribution in [0.25, 0.3) is 22.2 Å². The number of halogens is 2. The number of carbonyl (C=O) groups excluding carboxylic acids is 1. The number of pyridine rings is 1. The second kappa shape index (κ2) is 9.66. The highest BCUT2D eigenvalue weighted by Crippen LogP contribution is 2.32. The first-order chi connectivity index (χ1) is 15.5. The quantitative estimate of drug-likeness (QED) is 0.357. The number of fused-ring (bicyclic) bond motifs is 1. The average Bonchev–Trinajstić information content (AvgIpc) is 2.78. The molecule has 0 radical (unpaired) electrons. The minimum Gasteiger partial charge on any atom is -0.493 e. The molecule has 0 saturated carbocycles. The molecule has 1 heterocycles. The molecule has 4 rings (SSSR count). The molecule has 0 atom stereocenters. The van der Waals surface area contributed by atoms with Crippen molar-refractivity contribution in [2.24, 2.45) is 0 Å². The Bertz CT molecular complexity index is 1260. The van der Waals surface area contributed by atoms with Crippen molar-refractivity contribution in [2.75, 3.05) is 11.9 Å². The van der Waals surface area contributed by atoms with Crippen LogP contribution in [0.5, 0.6) is 5.75 Å². The van der Waals surface area contributed by atoms with Crippen LogP contribution >= 0.6 is 11.6 Å². The number of benzene rings is 3. The molecular formula is C25H21ClFN3O2. The van der Waals surface area contributed by atoms with Gasteiger partial charge in [-0.2, -0.15) is 0 Å². The molecule has 2 amide bonds. The number of ether oxygens (including phenoxy) is 1. The Morgan fingerprint density at radius 2 is 1.88 bits per heavy atom. The van der Waals surface area contributed by atoms with E-state index < -0.39 is 6.03 Å². The summed E-state index contributed by atoms with van der Waals surface area (Å²) >= 11 is 6.00. The molecule has 4 aromatic rings. The molecule has 0 aliphatic rings. The van der Waals surface area contributed by atoms with Gasteiger partial charge < -0.3 is 15.4 Å². The number of aromatic nitrogens is 1. The smallest absolute Gasteiger partial charge is 0.319 e. The zero-order valence-electron chi connectivity index (χ0n) is 17.4. The van der Waals surface area contributed by atoms with E-state index in [4.69, 9.17) is 21.3 Å². The number of carbonyl (C=O) groups is 1. The molecule has 0 aliphatic heterocycles. The second-order valence-electron chi connectivity index (χ2n) is 7.12. The molecule has 5 nitrogen and oxygen atoms in total. The van der Waals surface area contributed by atoms with E-state index in [-0.39, 0.29) is 12.4 Å². The van der Waals surface area contributed by atoms with Gasteiger partial charge in [-0.05, 0) is 55.0 Å². The van der Waals surface area contributed by atoms with Crippen molar-refractivity contribution in [1.82, 2.24) is 10.3 Å². The fraction of sp³-hybridized carbons (Fsp3) is 0.120. The molecule has 3 aromatic carbocycles. The Morgan fingerprint density at radius 3 is 2.62 bits per heavy atom. The van der Waals surface area contributed by atoms with Gasteiger partial charge in [0.2, 0.25) is 0 Å². The molecule has 32 heavy (non-hydrogen) atoms. The van der Waals surface area contributed by atoms with Crippen molar-refractivity contribution < 1.29 is 13.9 Å². The van der Waals surface area contributed by atoms with E-state index in [2.05, 4.69) is 10.6 Å². The Morgan fingerprint density at radius 1 is 1.06 bits per heavy atom. The Hall–Kier alpha value is -3.64. The molecule has 0 bridgehead atoms. The van der Waals surface area contributed by atoms with E-state index in [9.17, 15) is 9.18 Å². The van der Waals surface area contributed by atoms with Gasteiger partial charge in [0.05, 0.1) is 17.8 Å². The normalized spacial score (nSPS) is 10.7. The lowest BCUT2D eigenvalue weighted by Crippen LogP contribution is -2.28. The number of rotatable bonds is 6. The predicted octanol–water partition coefficient (Wildman–Crippen LogP) is 6.41. The third-order valence-electron chi connectivity index (χ3n) is 4.81. The number of hydrogen-bond acceptors (Lipinski definition) is 3. The predicted molar refractivity (Wildman–Crippen MR) is 126 cm³/mol. The van der Waals surface area contributed by atoms with Gasteiger partial charge >= 0.3 is 6.03 Å². The Kier molecular flexibility index (Phi) is 6.52. The van der Waals surface area contributed by atoms with Gasteiger partial charge in [-0.1, -0.05) is 35.9 Å². The van der Waals surface area contributed by atoms with Crippen LogP contribution in [0.4, 0.5) is 14.9 Å². The summed E-state index contributed by atoms with van der Waals surface area (Å²) in [7, 11) is 0. The third-order valence-corrected chi connectivity index (χ3v) is 5.06. The van der Waals surface area contributed by atoms with Gasteiger partial charge in [0.1, 0.15) is 11.6 Å². The highest BCUT2D eigenvalue weighted by Gasteiger charge is 2.11. The number of amides is 2. The van der Waals surface area contributed by atoms with E-state index in [1.165, 1.54) is 12.1 Å². The first-order valence-electron chi connectivity index (χ1n) is 10.1. The van der Waals surface area contributed by atoms with Crippen LogP contribution in [-0.2, 0) is 6.54 Å². The fourth-order valence-corrected chi connectivity index (χ4v) is 3.45. The molecule has 0 aliphatic carbocycles. The first kappa shape index (κ1) is 21.6. The van der Waals surface area contributed by atoms with Crippen molar-refractivity contribution in [3.63, 3.8) is 0 Å². The summed E-state index contributed by atoms with van der Waals surface area (Å²) in [6.07, 6.45) is 0. The zero-order valence-corrected chi connectivity index (χ0v) is 18.1. The van der Waals surface area contributed by atoms with E-state index in [0.29, 0.717) is 28.6 Å². The number of nitrogens with zero attached hydrogens (tertiary/aromatic N) is 1. The third kappa shape index (κ3) is 5.15. The first-order valence-corrected chi connectivity index (χ1v) is 10.5. The fourth-order valence-electron chi connectivity index (χ4n) is 3.32. The van der Waals surface area contributed by atoms with Gasteiger partial charge in [0.25, 0.3) is 0 Å². The molecule has 0 saturated heterocycles. The van der Waals surface area contributed by atoms with Gasteiger partial charge in [-0.15, -0.1) is 0 Å². The number of nitrogens with one attached hydrogen (secondary N) is 2. The second-order valence-corrected chi connectivity index (χ2v) is 7.55. The van der Waals surface area contributed by atoms with Gasteiger partial charge in [0, 0.05) is 34.3 Å². The minimum absolute atomic E-state index is 0.216. The van der Waals surface area contributed by atoms with Crippen molar-refractivity contribution >= 4 is 34.2 Å². The molecule has 162 valence electrons. The summed E-state index contributed by atoms with van der Waals surface area (Å²) in [5.41, 5.74) is 3.71. The Balaban J connectivity index is 1.55. The summed E-state index contributed by atoms with van der Waals surface area (Å²) < 4.78 is 19.1. The SMILES string of the molecule is CCOc1cc(-c2ccc(Cl)cc2)nc2ccc(NC(=O)NCc3cccc(F)c3)cc12. The maximum Gasteiger partial charge on any atom is 0.319 e. The molecule has 0 unspecified atom stereocenters. The van der Waals surface area contributed by atoms with Gasteiger partial charge in [-0.3, -0.25) is 0 Å². The topological polar surface area (TPSA) is 63.2 Å². The van der Waals surface area contributed by atoms with Crippen molar-refractivity contribution in [3.05, 3.63) is 89.2 Å². The van der Waals surface area contributed by atoms with Crippen LogP contribution in [0.2, 0.25) is 5.02 Å². The highest BCUT2D eigenvalue weighted by atomic mass is 35.5. The van der Waals surface area contributed by atoms with Crippen LogP contribution < -0.4 is 15.4 Å². The molecule has 2 N–H and O–H groups in total. The molecule has 1 aromatic heterocycles. The lowest BCUT2D eigenvalue weighted by atomic mass is 10.1. The summed E-state index contributed by atoms with van der Waals surface area (Å²) in [6, 6.07) is 20.5. The van der Waals surface area contributed by atoms with Crippen molar-refractivity contribution in [3.8, 4) is 17.0 Å². The summed E-state index contributed by atoms with van der Waals surface area (Å²) in [4.78, 5) is 17.0. The maximum absolute atomic E-state index is 13.3. The number of urea groups is 1. The van der Waals surface area contributed by atoms with E-state index in [1.807, 2.05) is 49.4 Å².